The Morgan fingerprint density at radius 1 is 1.15 bits per heavy atom. The number of likely N-dealkylation sites (tertiary alicyclic amines) is 1. The number of aliphatic carboxylic acids is 1. The van der Waals surface area contributed by atoms with Crippen LogP contribution in [0.3, 0.4) is 0 Å². The fourth-order valence-corrected chi connectivity index (χ4v) is 4.43. The van der Waals surface area contributed by atoms with Crippen molar-refractivity contribution in [2.75, 3.05) is 13.1 Å². The lowest BCUT2D eigenvalue weighted by Crippen LogP contribution is -2.69. The van der Waals surface area contributed by atoms with E-state index in [2.05, 4.69) is 0 Å². The molecule has 0 unspecified atom stereocenters. The molecule has 1 N–H and O–H groups in total. The number of amides is 1. The van der Waals surface area contributed by atoms with Crippen LogP contribution in [0.2, 0.25) is 0 Å². The lowest BCUT2D eigenvalue weighted by Gasteiger charge is -2.68. The van der Waals surface area contributed by atoms with Gasteiger partial charge in [0.05, 0.1) is 5.92 Å². The number of ether oxygens (including phenoxy) is 1. The highest BCUT2D eigenvalue weighted by Crippen LogP contribution is 2.68. The number of hydrogen-bond acceptors (Lipinski definition) is 3. The minimum Gasteiger partial charge on any atom is -0.481 e. The molecular formula is C15H23NO4. The highest BCUT2D eigenvalue weighted by molar-refractivity contribution is 5.72. The van der Waals surface area contributed by atoms with Crippen LogP contribution < -0.4 is 0 Å². The Morgan fingerprint density at radius 2 is 1.70 bits per heavy atom. The molecule has 0 bridgehead atoms. The first kappa shape index (κ1) is 13.7. The van der Waals surface area contributed by atoms with E-state index in [1.165, 1.54) is 0 Å². The predicted octanol–water partition coefficient (Wildman–Crippen LogP) is 2.50. The van der Waals surface area contributed by atoms with Gasteiger partial charge in [-0.2, -0.15) is 0 Å². The van der Waals surface area contributed by atoms with Gasteiger partial charge in [0, 0.05) is 18.5 Å². The molecule has 1 heterocycles. The average molecular weight is 281 g/mol. The smallest absolute Gasteiger partial charge is 0.410 e. The number of carbonyl (C=O) groups is 2. The van der Waals surface area contributed by atoms with Gasteiger partial charge in [0.1, 0.15) is 5.60 Å². The fourth-order valence-electron chi connectivity index (χ4n) is 4.43. The molecule has 112 valence electrons. The molecule has 3 rings (SSSR count). The number of nitrogens with zero attached hydrogens (tertiary/aromatic N) is 1. The highest BCUT2D eigenvalue weighted by Gasteiger charge is 2.65. The van der Waals surface area contributed by atoms with Gasteiger partial charge in [-0.1, -0.05) is 0 Å². The van der Waals surface area contributed by atoms with E-state index < -0.39 is 11.6 Å². The van der Waals surface area contributed by atoms with Crippen molar-refractivity contribution in [3.8, 4) is 0 Å². The number of carboxylic acid groups (broad SMARTS) is 1. The second kappa shape index (κ2) is 3.89. The number of carboxylic acids is 1. The summed E-state index contributed by atoms with van der Waals surface area (Å²) in [4.78, 5) is 24.5. The Morgan fingerprint density at radius 3 is 2.15 bits per heavy atom. The summed E-state index contributed by atoms with van der Waals surface area (Å²) in [6.45, 7) is 7.18. The zero-order chi connectivity index (χ0) is 14.8. The Hall–Kier alpha value is -1.26. The van der Waals surface area contributed by atoms with Gasteiger partial charge in [0.25, 0.3) is 0 Å². The summed E-state index contributed by atoms with van der Waals surface area (Å²) in [5, 5.41) is 8.94. The molecule has 5 nitrogen and oxygen atoms in total. The Bertz CT molecular complexity index is 443. The van der Waals surface area contributed by atoms with Crippen LogP contribution in [-0.4, -0.2) is 40.8 Å². The molecule has 3 aliphatic rings. The van der Waals surface area contributed by atoms with Gasteiger partial charge in [-0.25, -0.2) is 4.79 Å². The molecule has 0 aromatic rings. The minimum absolute atomic E-state index is 0.130. The van der Waals surface area contributed by atoms with Gasteiger partial charge in [-0.15, -0.1) is 0 Å². The standard InChI is InChI=1S/C15H23NO4/c1-13(2,3)20-12(19)16-8-15(9-16)6-14(7-15)4-10(5-14)11(17)18/h10H,4-9H2,1-3H3,(H,17,18). The van der Waals surface area contributed by atoms with Crippen LogP contribution in [0, 0.1) is 16.7 Å². The molecule has 1 amide bonds. The molecule has 5 heteroatoms. The summed E-state index contributed by atoms with van der Waals surface area (Å²) >= 11 is 0. The van der Waals surface area contributed by atoms with Gasteiger partial charge in [0.2, 0.25) is 0 Å². The van der Waals surface area contributed by atoms with Crippen LogP contribution in [0.25, 0.3) is 0 Å². The fraction of sp³-hybridized carbons (Fsp3) is 0.867. The third-order valence-electron chi connectivity index (χ3n) is 4.91. The van der Waals surface area contributed by atoms with Crippen molar-refractivity contribution < 1.29 is 19.4 Å². The van der Waals surface area contributed by atoms with E-state index in [1.807, 2.05) is 20.8 Å². The predicted molar refractivity (Wildman–Crippen MR) is 72.3 cm³/mol. The summed E-state index contributed by atoms with van der Waals surface area (Å²) in [5.41, 5.74) is 0.104. The molecule has 3 fully saturated rings. The number of hydrogen-bond donors (Lipinski definition) is 1. The SMILES string of the molecule is CC(C)(C)OC(=O)N1CC2(C1)CC1(CC(C(=O)O)C1)C2. The van der Waals surface area contributed by atoms with Crippen molar-refractivity contribution in [1.29, 1.82) is 0 Å². The summed E-state index contributed by atoms with van der Waals surface area (Å²) in [6.07, 6.45) is 3.61. The monoisotopic (exact) mass is 281 g/mol. The molecule has 0 atom stereocenters. The lowest BCUT2D eigenvalue weighted by molar-refractivity contribution is -0.195. The average Bonchev–Trinajstić information content (AvgIpc) is 2.06. The van der Waals surface area contributed by atoms with E-state index in [4.69, 9.17) is 9.84 Å². The van der Waals surface area contributed by atoms with Crippen molar-refractivity contribution in [1.82, 2.24) is 4.90 Å². The van der Waals surface area contributed by atoms with Crippen molar-refractivity contribution in [3.63, 3.8) is 0 Å². The van der Waals surface area contributed by atoms with Crippen LogP contribution >= 0.6 is 0 Å². The Balaban J connectivity index is 1.44. The summed E-state index contributed by atoms with van der Waals surface area (Å²) in [5.74, 6) is -0.782. The highest BCUT2D eigenvalue weighted by atomic mass is 16.6. The van der Waals surface area contributed by atoms with Crippen molar-refractivity contribution >= 4 is 12.1 Å². The first-order valence-corrected chi connectivity index (χ1v) is 7.33. The molecule has 2 aliphatic carbocycles. The molecular weight excluding hydrogens is 258 g/mol. The summed E-state index contributed by atoms with van der Waals surface area (Å²) in [6, 6.07) is 0. The van der Waals surface area contributed by atoms with Crippen LogP contribution in [0.1, 0.15) is 46.5 Å². The van der Waals surface area contributed by atoms with Crippen molar-refractivity contribution in [2.45, 2.75) is 52.1 Å². The molecule has 0 aromatic heterocycles. The number of carbonyl (C=O) groups excluding carboxylic acids is 1. The summed E-state index contributed by atoms with van der Waals surface area (Å²) < 4.78 is 5.35. The van der Waals surface area contributed by atoms with Crippen LogP contribution in [0.5, 0.6) is 0 Å². The maximum absolute atomic E-state index is 11.9. The van der Waals surface area contributed by atoms with E-state index >= 15 is 0 Å². The van der Waals surface area contributed by atoms with E-state index in [9.17, 15) is 9.59 Å². The second-order valence-corrected chi connectivity index (χ2v) is 8.13. The second-order valence-electron chi connectivity index (χ2n) is 8.13. The maximum atomic E-state index is 11.9. The first-order chi connectivity index (χ1) is 9.12. The van der Waals surface area contributed by atoms with Gasteiger partial charge in [-0.3, -0.25) is 4.79 Å². The van der Waals surface area contributed by atoms with Crippen LogP contribution in [-0.2, 0) is 9.53 Å². The lowest BCUT2D eigenvalue weighted by atomic mass is 9.41. The quantitative estimate of drug-likeness (QED) is 0.802. The van der Waals surface area contributed by atoms with Gasteiger partial charge < -0.3 is 14.7 Å². The minimum atomic E-state index is -0.652. The Kier molecular flexibility index (Phi) is 2.67. The van der Waals surface area contributed by atoms with Crippen molar-refractivity contribution in [3.05, 3.63) is 0 Å². The molecule has 0 radical (unpaired) electrons. The number of rotatable bonds is 1. The zero-order valence-electron chi connectivity index (χ0n) is 12.4. The largest absolute Gasteiger partial charge is 0.481 e. The van der Waals surface area contributed by atoms with Crippen LogP contribution in [0.15, 0.2) is 0 Å². The van der Waals surface area contributed by atoms with E-state index in [-0.39, 0.29) is 22.8 Å². The third kappa shape index (κ3) is 2.17. The van der Waals surface area contributed by atoms with Gasteiger partial charge >= 0.3 is 12.1 Å². The third-order valence-corrected chi connectivity index (χ3v) is 4.91. The van der Waals surface area contributed by atoms with Crippen LogP contribution in [0.4, 0.5) is 4.79 Å². The maximum Gasteiger partial charge on any atom is 0.410 e. The van der Waals surface area contributed by atoms with Gasteiger partial charge in [0.15, 0.2) is 0 Å². The Labute approximate surface area is 119 Å². The van der Waals surface area contributed by atoms with E-state index in [0.29, 0.717) is 0 Å². The molecule has 0 aromatic carbocycles. The normalized spacial score (nSPS) is 26.6. The molecule has 1 aliphatic heterocycles. The van der Waals surface area contributed by atoms with E-state index in [1.54, 1.807) is 4.90 Å². The summed E-state index contributed by atoms with van der Waals surface area (Å²) in [7, 11) is 0. The first-order valence-electron chi connectivity index (χ1n) is 7.33. The molecule has 20 heavy (non-hydrogen) atoms. The molecule has 2 spiro atoms. The zero-order valence-corrected chi connectivity index (χ0v) is 12.4. The molecule has 1 saturated heterocycles. The van der Waals surface area contributed by atoms with Crippen molar-refractivity contribution in [2.24, 2.45) is 16.7 Å². The molecule has 2 saturated carbocycles. The van der Waals surface area contributed by atoms with Gasteiger partial charge in [-0.05, 0) is 51.9 Å². The topological polar surface area (TPSA) is 66.8 Å². The van der Waals surface area contributed by atoms with E-state index in [0.717, 1.165) is 38.8 Å².